The van der Waals surface area contributed by atoms with Crippen molar-refractivity contribution in [3.8, 4) is 0 Å². The van der Waals surface area contributed by atoms with Gasteiger partial charge in [0.1, 0.15) is 0 Å². The molecule has 0 radical (unpaired) electrons. The third kappa shape index (κ3) is 2.08. The molecule has 0 aliphatic rings. The summed E-state index contributed by atoms with van der Waals surface area (Å²) in [5, 5.41) is 3.36. The lowest BCUT2D eigenvalue weighted by atomic mass is 10.1. The van der Waals surface area contributed by atoms with Gasteiger partial charge >= 0.3 is 0 Å². The van der Waals surface area contributed by atoms with Crippen LogP contribution in [-0.2, 0) is 13.5 Å². The van der Waals surface area contributed by atoms with E-state index in [4.69, 9.17) is 0 Å². The SMILES string of the molecule is CCc1ccccc1Nc1nc(C)cn1C. The van der Waals surface area contributed by atoms with E-state index in [0.717, 1.165) is 23.8 Å². The average Bonchev–Trinajstić information content (AvgIpc) is 2.58. The van der Waals surface area contributed by atoms with E-state index in [1.807, 2.05) is 30.8 Å². The number of nitrogens with one attached hydrogen (secondary N) is 1. The average molecular weight is 215 g/mol. The maximum absolute atomic E-state index is 4.43. The highest BCUT2D eigenvalue weighted by Crippen LogP contribution is 2.20. The second-order valence-electron chi connectivity index (χ2n) is 3.95. The molecule has 1 heterocycles. The predicted molar refractivity (Wildman–Crippen MR) is 67.0 cm³/mol. The van der Waals surface area contributed by atoms with E-state index in [1.54, 1.807) is 0 Å². The molecule has 2 rings (SSSR count). The second kappa shape index (κ2) is 4.39. The number of imidazole rings is 1. The Bertz CT molecular complexity index is 486. The fourth-order valence-electron chi connectivity index (χ4n) is 1.80. The largest absolute Gasteiger partial charge is 0.325 e. The van der Waals surface area contributed by atoms with Gasteiger partial charge < -0.3 is 9.88 Å². The molecular formula is C13H17N3. The molecule has 0 saturated carbocycles. The summed E-state index contributed by atoms with van der Waals surface area (Å²) in [7, 11) is 2.00. The highest BCUT2D eigenvalue weighted by Gasteiger charge is 2.04. The van der Waals surface area contributed by atoms with Crippen LogP contribution in [-0.4, -0.2) is 9.55 Å². The van der Waals surface area contributed by atoms with Crippen LogP contribution < -0.4 is 5.32 Å². The molecule has 0 fully saturated rings. The molecule has 1 aromatic carbocycles. The quantitative estimate of drug-likeness (QED) is 0.852. The summed E-state index contributed by atoms with van der Waals surface area (Å²) >= 11 is 0. The van der Waals surface area contributed by atoms with Crippen molar-refractivity contribution in [2.45, 2.75) is 20.3 Å². The van der Waals surface area contributed by atoms with E-state index in [1.165, 1.54) is 5.56 Å². The summed E-state index contributed by atoms with van der Waals surface area (Å²) in [4.78, 5) is 4.43. The van der Waals surface area contributed by atoms with Crippen molar-refractivity contribution in [3.63, 3.8) is 0 Å². The van der Waals surface area contributed by atoms with E-state index in [9.17, 15) is 0 Å². The first-order valence-corrected chi connectivity index (χ1v) is 5.55. The van der Waals surface area contributed by atoms with Gasteiger partial charge in [-0.3, -0.25) is 0 Å². The van der Waals surface area contributed by atoms with E-state index in [0.29, 0.717) is 0 Å². The minimum absolute atomic E-state index is 0.887. The number of nitrogens with zero attached hydrogens (tertiary/aromatic N) is 2. The smallest absolute Gasteiger partial charge is 0.207 e. The van der Waals surface area contributed by atoms with Gasteiger partial charge in [-0.1, -0.05) is 25.1 Å². The fourth-order valence-corrected chi connectivity index (χ4v) is 1.80. The summed E-state index contributed by atoms with van der Waals surface area (Å²) in [5.74, 6) is 0.887. The molecule has 0 aliphatic heterocycles. The van der Waals surface area contributed by atoms with Gasteiger partial charge in [0.15, 0.2) is 0 Å². The summed E-state index contributed by atoms with van der Waals surface area (Å²) in [6, 6.07) is 8.33. The minimum Gasteiger partial charge on any atom is -0.325 e. The Labute approximate surface area is 96.1 Å². The number of rotatable bonds is 3. The zero-order valence-corrected chi connectivity index (χ0v) is 9.99. The Morgan fingerprint density at radius 1 is 1.31 bits per heavy atom. The zero-order chi connectivity index (χ0) is 11.5. The highest BCUT2D eigenvalue weighted by molar-refractivity contribution is 5.58. The Morgan fingerprint density at radius 2 is 2.06 bits per heavy atom. The molecule has 1 N–H and O–H groups in total. The van der Waals surface area contributed by atoms with Crippen LogP contribution in [0.3, 0.4) is 0 Å². The first-order valence-electron chi connectivity index (χ1n) is 5.55. The lowest BCUT2D eigenvalue weighted by molar-refractivity contribution is 0.922. The van der Waals surface area contributed by atoms with Crippen LogP contribution in [0, 0.1) is 6.92 Å². The van der Waals surface area contributed by atoms with Gasteiger partial charge in [0.05, 0.1) is 5.69 Å². The van der Waals surface area contributed by atoms with E-state index < -0.39 is 0 Å². The van der Waals surface area contributed by atoms with E-state index >= 15 is 0 Å². The van der Waals surface area contributed by atoms with Gasteiger partial charge in [-0.15, -0.1) is 0 Å². The first-order chi connectivity index (χ1) is 7.70. The van der Waals surface area contributed by atoms with Gasteiger partial charge in [-0.05, 0) is 25.0 Å². The summed E-state index contributed by atoms with van der Waals surface area (Å²) in [5.41, 5.74) is 3.47. The summed E-state index contributed by atoms with van der Waals surface area (Å²) in [6.07, 6.45) is 3.03. The summed E-state index contributed by atoms with van der Waals surface area (Å²) < 4.78 is 2.00. The highest BCUT2D eigenvalue weighted by atomic mass is 15.2. The molecule has 0 spiro atoms. The van der Waals surface area contributed by atoms with E-state index in [-0.39, 0.29) is 0 Å². The standard InChI is InChI=1S/C13H17N3/c1-4-11-7-5-6-8-12(11)15-13-14-10(2)9-16(13)3/h5-9H,4H2,1-3H3,(H,14,15). The molecular weight excluding hydrogens is 198 g/mol. The Kier molecular flexibility index (Phi) is 2.95. The number of para-hydroxylation sites is 1. The second-order valence-corrected chi connectivity index (χ2v) is 3.95. The van der Waals surface area contributed by atoms with Crippen LogP contribution >= 0.6 is 0 Å². The van der Waals surface area contributed by atoms with Gasteiger partial charge in [-0.2, -0.15) is 0 Å². The molecule has 1 aromatic heterocycles. The van der Waals surface area contributed by atoms with Crippen LogP contribution in [0.25, 0.3) is 0 Å². The molecule has 3 nitrogen and oxygen atoms in total. The number of hydrogen-bond donors (Lipinski definition) is 1. The van der Waals surface area contributed by atoms with Gasteiger partial charge in [0.2, 0.25) is 5.95 Å². The number of benzene rings is 1. The Morgan fingerprint density at radius 3 is 2.69 bits per heavy atom. The first kappa shape index (κ1) is 10.7. The number of anilines is 2. The topological polar surface area (TPSA) is 29.9 Å². The van der Waals surface area contributed by atoms with Crippen molar-refractivity contribution in [2.24, 2.45) is 7.05 Å². The molecule has 84 valence electrons. The van der Waals surface area contributed by atoms with Crippen molar-refractivity contribution in [1.82, 2.24) is 9.55 Å². The maximum atomic E-state index is 4.43. The molecule has 0 bridgehead atoms. The van der Waals surface area contributed by atoms with Crippen molar-refractivity contribution >= 4 is 11.6 Å². The van der Waals surface area contributed by atoms with Crippen LogP contribution in [0.5, 0.6) is 0 Å². The lowest BCUT2D eigenvalue weighted by Gasteiger charge is -2.09. The predicted octanol–water partition coefficient (Wildman–Crippen LogP) is 3.03. The maximum Gasteiger partial charge on any atom is 0.207 e. The molecule has 3 heteroatoms. The summed E-state index contributed by atoms with van der Waals surface area (Å²) in [6.45, 7) is 4.15. The van der Waals surface area contributed by atoms with Gasteiger partial charge in [0.25, 0.3) is 0 Å². The molecule has 0 unspecified atom stereocenters. The van der Waals surface area contributed by atoms with Gasteiger partial charge in [-0.25, -0.2) is 4.98 Å². The van der Waals surface area contributed by atoms with Gasteiger partial charge in [0, 0.05) is 18.9 Å². The number of aromatic nitrogens is 2. The monoisotopic (exact) mass is 215 g/mol. The zero-order valence-electron chi connectivity index (χ0n) is 9.99. The molecule has 2 aromatic rings. The Balaban J connectivity index is 2.30. The molecule has 0 amide bonds. The molecule has 16 heavy (non-hydrogen) atoms. The van der Waals surface area contributed by atoms with Crippen molar-refractivity contribution < 1.29 is 0 Å². The lowest BCUT2D eigenvalue weighted by Crippen LogP contribution is -2.00. The Hall–Kier alpha value is -1.77. The number of aryl methyl sites for hydroxylation is 3. The van der Waals surface area contributed by atoms with Crippen molar-refractivity contribution in [1.29, 1.82) is 0 Å². The number of hydrogen-bond acceptors (Lipinski definition) is 2. The van der Waals surface area contributed by atoms with Crippen LogP contribution in [0.15, 0.2) is 30.5 Å². The van der Waals surface area contributed by atoms with Crippen molar-refractivity contribution in [2.75, 3.05) is 5.32 Å². The van der Waals surface area contributed by atoms with Crippen LogP contribution in [0.1, 0.15) is 18.2 Å². The third-order valence-electron chi connectivity index (χ3n) is 2.64. The van der Waals surface area contributed by atoms with Crippen LogP contribution in [0.4, 0.5) is 11.6 Å². The minimum atomic E-state index is 0.887. The van der Waals surface area contributed by atoms with Crippen LogP contribution in [0.2, 0.25) is 0 Å². The molecule has 0 atom stereocenters. The fraction of sp³-hybridized carbons (Fsp3) is 0.308. The molecule has 0 aliphatic carbocycles. The normalized spacial score (nSPS) is 10.4. The molecule has 0 saturated heterocycles. The van der Waals surface area contributed by atoms with E-state index in [2.05, 4.69) is 35.4 Å². The third-order valence-corrected chi connectivity index (χ3v) is 2.64. The van der Waals surface area contributed by atoms with Crippen molar-refractivity contribution in [3.05, 3.63) is 41.7 Å².